The van der Waals surface area contributed by atoms with Crippen molar-refractivity contribution in [2.45, 2.75) is 45.3 Å². The van der Waals surface area contributed by atoms with Gasteiger partial charge in [-0.25, -0.2) is 4.68 Å². The van der Waals surface area contributed by atoms with Crippen LogP contribution in [0.3, 0.4) is 0 Å². The van der Waals surface area contributed by atoms with Crippen molar-refractivity contribution < 1.29 is 4.74 Å². The number of benzene rings is 1. The zero-order valence-corrected chi connectivity index (χ0v) is 12.3. The molecule has 2 N–H and O–H groups in total. The van der Waals surface area contributed by atoms with E-state index >= 15 is 0 Å². The van der Waals surface area contributed by atoms with Crippen LogP contribution in [0.2, 0.25) is 0 Å². The molecular weight excluding hydrogens is 266 g/mol. The van der Waals surface area contributed by atoms with Crippen molar-refractivity contribution in [3.8, 4) is 11.4 Å². The third kappa shape index (κ3) is 3.21. The molecule has 1 fully saturated rings. The summed E-state index contributed by atoms with van der Waals surface area (Å²) in [5.74, 6) is 0.729. The first-order valence-corrected chi connectivity index (χ1v) is 7.48. The van der Waals surface area contributed by atoms with Crippen LogP contribution in [0.5, 0.6) is 0 Å². The van der Waals surface area contributed by atoms with Gasteiger partial charge in [0.25, 0.3) is 0 Å². The van der Waals surface area contributed by atoms with E-state index in [0.717, 1.165) is 42.9 Å². The smallest absolute Gasteiger partial charge is 0.184 e. The highest BCUT2D eigenvalue weighted by Crippen LogP contribution is 2.25. The molecular formula is C15H21N5O. The van der Waals surface area contributed by atoms with E-state index in [1.54, 1.807) is 0 Å². The van der Waals surface area contributed by atoms with Crippen LogP contribution in [0, 0.1) is 6.92 Å². The largest absolute Gasteiger partial charge is 0.398 e. The van der Waals surface area contributed by atoms with Crippen LogP contribution in [-0.2, 0) is 11.3 Å². The van der Waals surface area contributed by atoms with Gasteiger partial charge in [0, 0.05) is 24.4 Å². The van der Waals surface area contributed by atoms with Crippen molar-refractivity contribution in [2.24, 2.45) is 0 Å². The zero-order valence-electron chi connectivity index (χ0n) is 12.3. The van der Waals surface area contributed by atoms with Gasteiger partial charge in [-0.1, -0.05) is 11.6 Å². The SMILES string of the molecule is Cc1ccc(N)c(-c2nnnn2CCC2CCCCO2)c1. The van der Waals surface area contributed by atoms with Crippen LogP contribution in [0.1, 0.15) is 31.2 Å². The number of nitrogens with two attached hydrogens (primary N) is 1. The minimum atomic E-state index is 0.325. The quantitative estimate of drug-likeness (QED) is 0.872. The highest BCUT2D eigenvalue weighted by molar-refractivity contribution is 5.71. The lowest BCUT2D eigenvalue weighted by Gasteiger charge is -2.22. The van der Waals surface area contributed by atoms with E-state index in [4.69, 9.17) is 10.5 Å². The highest BCUT2D eigenvalue weighted by atomic mass is 16.5. The Kier molecular flexibility index (Phi) is 4.15. The fraction of sp³-hybridized carbons (Fsp3) is 0.533. The van der Waals surface area contributed by atoms with Crippen molar-refractivity contribution in [2.75, 3.05) is 12.3 Å². The van der Waals surface area contributed by atoms with Crippen LogP contribution >= 0.6 is 0 Å². The molecule has 1 aromatic carbocycles. The monoisotopic (exact) mass is 287 g/mol. The molecule has 1 saturated heterocycles. The Bertz CT molecular complexity index is 604. The van der Waals surface area contributed by atoms with E-state index in [9.17, 15) is 0 Å². The molecule has 1 aromatic heterocycles. The first-order chi connectivity index (χ1) is 10.2. The number of rotatable bonds is 4. The molecule has 0 saturated carbocycles. The molecule has 2 aromatic rings. The predicted molar refractivity (Wildman–Crippen MR) is 80.6 cm³/mol. The van der Waals surface area contributed by atoms with E-state index in [1.807, 2.05) is 29.8 Å². The van der Waals surface area contributed by atoms with Gasteiger partial charge in [0.1, 0.15) is 0 Å². The molecule has 0 aliphatic carbocycles. The summed E-state index contributed by atoms with van der Waals surface area (Å²) in [5.41, 5.74) is 8.79. The van der Waals surface area contributed by atoms with Gasteiger partial charge in [0.15, 0.2) is 5.82 Å². The summed E-state index contributed by atoms with van der Waals surface area (Å²) in [5, 5.41) is 12.0. The topological polar surface area (TPSA) is 78.9 Å². The van der Waals surface area contributed by atoms with Crippen LogP contribution in [0.4, 0.5) is 5.69 Å². The number of aryl methyl sites for hydroxylation is 2. The van der Waals surface area contributed by atoms with Crippen LogP contribution in [0.25, 0.3) is 11.4 Å². The maximum absolute atomic E-state index is 6.05. The summed E-state index contributed by atoms with van der Waals surface area (Å²) in [6, 6.07) is 5.91. The van der Waals surface area contributed by atoms with Crippen molar-refractivity contribution >= 4 is 5.69 Å². The van der Waals surface area contributed by atoms with Gasteiger partial charge >= 0.3 is 0 Å². The first kappa shape index (κ1) is 14.0. The Morgan fingerprint density at radius 1 is 1.38 bits per heavy atom. The van der Waals surface area contributed by atoms with Gasteiger partial charge in [-0.05, 0) is 55.2 Å². The van der Waals surface area contributed by atoms with Crippen molar-refractivity contribution in [1.82, 2.24) is 20.2 Å². The molecule has 2 heterocycles. The minimum Gasteiger partial charge on any atom is -0.398 e. The molecule has 0 radical (unpaired) electrons. The summed E-state index contributed by atoms with van der Waals surface area (Å²) in [6.07, 6.45) is 4.81. The second kappa shape index (κ2) is 6.22. The number of tetrazole rings is 1. The summed E-state index contributed by atoms with van der Waals surface area (Å²) in [6.45, 7) is 3.66. The standard InChI is InChI=1S/C15H21N5O/c1-11-5-6-14(16)13(10-11)15-17-18-19-20(15)8-7-12-4-2-3-9-21-12/h5-6,10,12H,2-4,7-9,16H2,1H3. The molecule has 1 atom stereocenters. The fourth-order valence-electron chi connectivity index (χ4n) is 2.71. The fourth-order valence-corrected chi connectivity index (χ4v) is 2.71. The number of anilines is 1. The normalized spacial score (nSPS) is 18.8. The second-order valence-corrected chi connectivity index (χ2v) is 5.59. The van der Waals surface area contributed by atoms with Crippen LogP contribution in [-0.4, -0.2) is 32.9 Å². The van der Waals surface area contributed by atoms with Crippen LogP contribution in [0.15, 0.2) is 18.2 Å². The molecule has 1 aliphatic heterocycles. The van der Waals surface area contributed by atoms with E-state index in [0.29, 0.717) is 11.8 Å². The molecule has 1 unspecified atom stereocenters. The number of ether oxygens (including phenoxy) is 1. The van der Waals surface area contributed by atoms with Gasteiger partial charge < -0.3 is 10.5 Å². The minimum absolute atomic E-state index is 0.325. The van der Waals surface area contributed by atoms with Gasteiger partial charge in [0.05, 0.1) is 6.10 Å². The van der Waals surface area contributed by atoms with Crippen molar-refractivity contribution in [1.29, 1.82) is 0 Å². The maximum atomic E-state index is 6.05. The van der Waals surface area contributed by atoms with Crippen LogP contribution < -0.4 is 5.73 Å². The molecule has 21 heavy (non-hydrogen) atoms. The summed E-state index contributed by atoms with van der Waals surface area (Å²) < 4.78 is 7.58. The second-order valence-electron chi connectivity index (χ2n) is 5.59. The molecule has 1 aliphatic rings. The Hall–Kier alpha value is -1.95. The Labute approximate surface area is 124 Å². The summed E-state index contributed by atoms with van der Waals surface area (Å²) in [4.78, 5) is 0. The molecule has 0 bridgehead atoms. The van der Waals surface area contributed by atoms with E-state index in [1.165, 1.54) is 12.8 Å². The number of nitrogens with zero attached hydrogens (tertiary/aromatic N) is 4. The number of nitrogen functional groups attached to an aromatic ring is 1. The molecule has 112 valence electrons. The summed E-state index contributed by atoms with van der Waals surface area (Å²) in [7, 11) is 0. The predicted octanol–water partition coefficient (Wildman–Crippen LogP) is 2.19. The number of hydrogen-bond acceptors (Lipinski definition) is 5. The van der Waals surface area contributed by atoms with Gasteiger partial charge in [-0.2, -0.15) is 0 Å². The lowest BCUT2D eigenvalue weighted by atomic mass is 10.1. The maximum Gasteiger partial charge on any atom is 0.184 e. The van der Waals surface area contributed by atoms with E-state index < -0.39 is 0 Å². The molecule has 6 heteroatoms. The van der Waals surface area contributed by atoms with E-state index in [-0.39, 0.29) is 0 Å². The summed E-state index contributed by atoms with van der Waals surface area (Å²) >= 11 is 0. The third-order valence-electron chi connectivity index (χ3n) is 3.92. The third-order valence-corrected chi connectivity index (χ3v) is 3.92. The molecule has 6 nitrogen and oxygen atoms in total. The average molecular weight is 287 g/mol. The first-order valence-electron chi connectivity index (χ1n) is 7.48. The molecule has 0 spiro atoms. The van der Waals surface area contributed by atoms with E-state index in [2.05, 4.69) is 15.5 Å². The molecule has 0 amide bonds. The Morgan fingerprint density at radius 3 is 3.10 bits per heavy atom. The van der Waals surface area contributed by atoms with Crippen molar-refractivity contribution in [3.63, 3.8) is 0 Å². The lowest BCUT2D eigenvalue weighted by molar-refractivity contribution is 0.00828. The average Bonchev–Trinajstić information content (AvgIpc) is 2.97. The van der Waals surface area contributed by atoms with Gasteiger partial charge in [-0.3, -0.25) is 0 Å². The molecule has 3 rings (SSSR count). The number of hydrogen-bond donors (Lipinski definition) is 1. The number of aromatic nitrogens is 4. The van der Waals surface area contributed by atoms with Crippen molar-refractivity contribution in [3.05, 3.63) is 23.8 Å². The van der Waals surface area contributed by atoms with Gasteiger partial charge in [-0.15, -0.1) is 5.10 Å². The highest BCUT2D eigenvalue weighted by Gasteiger charge is 2.17. The lowest BCUT2D eigenvalue weighted by Crippen LogP contribution is -2.21. The Balaban J connectivity index is 1.75. The van der Waals surface area contributed by atoms with Gasteiger partial charge in [0.2, 0.25) is 0 Å². The zero-order chi connectivity index (χ0) is 14.7. The Morgan fingerprint density at radius 2 is 2.29 bits per heavy atom.